The van der Waals surface area contributed by atoms with Crippen molar-refractivity contribution in [2.75, 3.05) is 6.61 Å². The number of alkyl halides is 3. The molecule has 0 atom stereocenters. The molecule has 0 amide bonds. The summed E-state index contributed by atoms with van der Waals surface area (Å²) in [7, 11) is 0. The molecule has 0 unspecified atom stereocenters. The first-order chi connectivity index (χ1) is 16.4. The van der Waals surface area contributed by atoms with Crippen molar-refractivity contribution in [1.29, 1.82) is 0 Å². The monoisotopic (exact) mass is 476 g/mol. The van der Waals surface area contributed by atoms with Crippen LogP contribution in [-0.4, -0.2) is 12.8 Å². The molecule has 0 aromatic heterocycles. The third-order valence-electron chi connectivity index (χ3n) is 6.85. The van der Waals surface area contributed by atoms with Crippen molar-refractivity contribution in [2.45, 2.75) is 83.2 Å². The SMILES string of the molecule is CCCCCCCC1CCC(c2ccc(-c3ccc(OC/C=C/C(F)(F)F)c(F)c3)cc2)CC1. The van der Waals surface area contributed by atoms with Crippen LogP contribution in [0, 0.1) is 11.7 Å². The number of ether oxygens (including phenoxy) is 1. The molecular formula is C29H36F4O. The van der Waals surface area contributed by atoms with Crippen molar-refractivity contribution in [3.63, 3.8) is 0 Å². The van der Waals surface area contributed by atoms with E-state index in [1.807, 2.05) is 12.1 Å². The molecule has 1 nitrogen and oxygen atoms in total. The number of allylic oxidation sites excluding steroid dienone is 1. The summed E-state index contributed by atoms with van der Waals surface area (Å²) in [4.78, 5) is 0. The van der Waals surface area contributed by atoms with Crippen LogP contribution >= 0.6 is 0 Å². The van der Waals surface area contributed by atoms with Gasteiger partial charge in [0.2, 0.25) is 0 Å². The van der Waals surface area contributed by atoms with E-state index in [4.69, 9.17) is 4.74 Å². The standard InChI is InChI=1S/C29H36F4O/c1-2-3-4-5-6-8-22-9-11-23(12-10-22)24-13-15-25(16-14-24)26-17-18-28(27(30)21-26)34-20-7-19-29(31,32)33/h7,13-19,21-23H,2-6,8-12,20H2,1H3/b19-7+. The minimum absolute atomic E-state index is 0.0608. The minimum Gasteiger partial charge on any atom is -0.486 e. The third kappa shape index (κ3) is 8.48. The molecule has 1 saturated carbocycles. The average Bonchev–Trinajstić information content (AvgIpc) is 2.82. The van der Waals surface area contributed by atoms with Gasteiger partial charge < -0.3 is 4.74 Å². The molecule has 0 heterocycles. The van der Waals surface area contributed by atoms with Crippen molar-refractivity contribution >= 4 is 0 Å². The third-order valence-corrected chi connectivity index (χ3v) is 6.85. The predicted octanol–water partition coefficient (Wildman–Crippen LogP) is 9.62. The van der Waals surface area contributed by atoms with Crippen LogP contribution in [0.2, 0.25) is 0 Å². The van der Waals surface area contributed by atoms with Gasteiger partial charge in [0.1, 0.15) is 6.61 Å². The van der Waals surface area contributed by atoms with Crippen LogP contribution in [0.25, 0.3) is 11.1 Å². The number of unbranched alkanes of at least 4 members (excludes halogenated alkanes) is 4. The number of benzene rings is 2. The van der Waals surface area contributed by atoms with E-state index in [1.54, 1.807) is 6.07 Å². The Bertz CT molecular complexity index is 893. The molecule has 1 aliphatic carbocycles. The van der Waals surface area contributed by atoms with Gasteiger partial charge in [-0.3, -0.25) is 0 Å². The highest BCUT2D eigenvalue weighted by Gasteiger charge is 2.22. The zero-order chi connectivity index (χ0) is 24.4. The van der Waals surface area contributed by atoms with Crippen LogP contribution in [0.1, 0.15) is 82.6 Å². The van der Waals surface area contributed by atoms with Crippen LogP contribution in [0.5, 0.6) is 5.75 Å². The molecule has 0 bridgehead atoms. The van der Waals surface area contributed by atoms with Crippen molar-refractivity contribution in [1.82, 2.24) is 0 Å². The molecule has 3 rings (SSSR count). The minimum atomic E-state index is -4.40. The Morgan fingerprint density at radius 3 is 2.21 bits per heavy atom. The molecule has 5 heteroatoms. The lowest BCUT2D eigenvalue weighted by Gasteiger charge is -2.29. The van der Waals surface area contributed by atoms with Gasteiger partial charge in [0.05, 0.1) is 0 Å². The lowest BCUT2D eigenvalue weighted by molar-refractivity contribution is -0.0801. The smallest absolute Gasteiger partial charge is 0.409 e. The number of rotatable bonds is 11. The van der Waals surface area contributed by atoms with Gasteiger partial charge >= 0.3 is 6.18 Å². The molecule has 0 saturated heterocycles. The molecule has 0 radical (unpaired) electrons. The first-order valence-corrected chi connectivity index (χ1v) is 12.6. The summed E-state index contributed by atoms with van der Waals surface area (Å²) < 4.78 is 55.9. The Morgan fingerprint density at radius 1 is 0.882 bits per heavy atom. The van der Waals surface area contributed by atoms with Gasteiger partial charge in [-0.1, -0.05) is 75.8 Å². The van der Waals surface area contributed by atoms with Gasteiger partial charge in [-0.2, -0.15) is 13.2 Å². The second-order valence-electron chi connectivity index (χ2n) is 9.44. The normalized spacial score (nSPS) is 19.0. The molecule has 0 N–H and O–H groups in total. The molecule has 186 valence electrons. The largest absolute Gasteiger partial charge is 0.486 e. The Labute approximate surface area is 201 Å². The molecule has 2 aromatic rings. The van der Waals surface area contributed by atoms with Gasteiger partial charge in [0.15, 0.2) is 11.6 Å². The highest BCUT2D eigenvalue weighted by Crippen LogP contribution is 2.38. The quantitative estimate of drug-likeness (QED) is 0.178. The molecule has 0 spiro atoms. The van der Waals surface area contributed by atoms with Crippen molar-refractivity contribution in [3.05, 3.63) is 66.0 Å². The Morgan fingerprint density at radius 2 is 1.56 bits per heavy atom. The Balaban J connectivity index is 1.49. The number of hydrogen-bond donors (Lipinski definition) is 0. The van der Waals surface area contributed by atoms with Gasteiger partial charge in [0, 0.05) is 6.08 Å². The summed E-state index contributed by atoms with van der Waals surface area (Å²) >= 11 is 0. The number of hydrogen-bond acceptors (Lipinski definition) is 1. The first-order valence-electron chi connectivity index (χ1n) is 12.6. The van der Waals surface area contributed by atoms with E-state index in [0.717, 1.165) is 17.6 Å². The predicted molar refractivity (Wildman–Crippen MR) is 131 cm³/mol. The zero-order valence-corrected chi connectivity index (χ0v) is 20.0. The summed E-state index contributed by atoms with van der Waals surface area (Å²) in [5.41, 5.74) is 2.97. The molecular weight excluding hydrogens is 440 g/mol. The van der Waals surface area contributed by atoms with E-state index in [2.05, 4.69) is 19.1 Å². The second-order valence-corrected chi connectivity index (χ2v) is 9.44. The summed E-state index contributed by atoms with van der Waals surface area (Å²) in [6, 6.07) is 12.9. The lowest BCUT2D eigenvalue weighted by atomic mass is 9.77. The molecule has 0 aliphatic heterocycles. The van der Waals surface area contributed by atoms with Crippen LogP contribution in [-0.2, 0) is 0 Å². The van der Waals surface area contributed by atoms with E-state index < -0.39 is 12.0 Å². The van der Waals surface area contributed by atoms with Gasteiger partial charge in [-0.15, -0.1) is 0 Å². The summed E-state index contributed by atoms with van der Waals surface area (Å²) in [5, 5.41) is 0. The van der Waals surface area contributed by atoms with E-state index in [-0.39, 0.29) is 18.4 Å². The second kappa shape index (κ2) is 13.0. The van der Waals surface area contributed by atoms with E-state index >= 15 is 0 Å². The fourth-order valence-electron chi connectivity index (χ4n) is 4.89. The Kier molecular flexibility index (Phi) is 10.0. The highest BCUT2D eigenvalue weighted by molar-refractivity contribution is 5.64. The summed E-state index contributed by atoms with van der Waals surface area (Å²) in [6.07, 6.45) is 9.76. The van der Waals surface area contributed by atoms with Crippen LogP contribution < -0.4 is 4.74 Å². The van der Waals surface area contributed by atoms with Gasteiger partial charge in [-0.05, 0) is 72.4 Å². The molecule has 1 aliphatic rings. The topological polar surface area (TPSA) is 9.23 Å². The van der Waals surface area contributed by atoms with E-state index in [1.165, 1.54) is 81.9 Å². The van der Waals surface area contributed by atoms with Crippen molar-refractivity contribution in [3.8, 4) is 16.9 Å². The fourth-order valence-corrected chi connectivity index (χ4v) is 4.89. The molecule has 34 heavy (non-hydrogen) atoms. The maximum absolute atomic E-state index is 14.4. The van der Waals surface area contributed by atoms with Gasteiger partial charge in [0.25, 0.3) is 0 Å². The first kappa shape index (κ1) is 26.3. The maximum atomic E-state index is 14.4. The lowest BCUT2D eigenvalue weighted by Crippen LogP contribution is -2.13. The summed E-state index contributed by atoms with van der Waals surface area (Å²) in [5.74, 6) is 0.830. The molecule has 2 aromatic carbocycles. The van der Waals surface area contributed by atoms with Crippen LogP contribution in [0.4, 0.5) is 17.6 Å². The van der Waals surface area contributed by atoms with Crippen molar-refractivity contribution < 1.29 is 22.3 Å². The van der Waals surface area contributed by atoms with Gasteiger partial charge in [-0.25, -0.2) is 4.39 Å². The molecule has 1 fully saturated rings. The van der Waals surface area contributed by atoms with Crippen molar-refractivity contribution in [2.24, 2.45) is 5.92 Å². The highest BCUT2D eigenvalue weighted by atomic mass is 19.4. The van der Waals surface area contributed by atoms with Crippen LogP contribution in [0.3, 0.4) is 0 Å². The van der Waals surface area contributed by atoms with E-state index in [0.29, 0.717) is 11.5 Å². The summed E-state index contributed by atoms with van der Waals surface area (Å²) in [6.45, 7) is 1.91. The average molecular weight is 477 g/mol. The van der Waals surface area contributed by atoms with E-state index in [9.17, 15) is 17.6 Å². The maximum Gasteiger partial charge on any atom is 0.409 e. The zero-order valence-electron chi connectivity index (χ0n) is 20.0. The fraction of sp³-hybridized carbons (Fsp3) is 0.517. The Hall–Kier alpha value is -2.30. The number of halogens is 4. The van der Waals surface area contributed by atoms with Crippen LogP contribution in [0.15, 0.2) is 54.6 Å².